The third kappa shape index (κ3) is 2.12. The maximum atomic E-state index is 6.10. The van der Waals surface area contributed by atoms with Crippen molar-refractivity contribution in [1.82, 2.24) is 19.6 Å². The van der Waals surface area contributed by atoms with E-state index >= 15 is 0 Å². The number of aromatic nitrogens is 4. The summed E-state index contributed by atoms with van der Waals surface area (Å²) < 4.78 is 3.72. The molecular formula is C15H15ClN4. The number of rotatable bonds is 3. The Bertz CT molecular complexity index is 728. The molecule has 0 saturated carbocycles. The van der Waals surface area contributed by atoms with Gasteiger partial charge in [0, 0.05) is 11.8 Å². The Morgan fingerprint density at radius 2 is 1.80 bits per heavy atom. The molecular weight excluding hydrogens is 272 g/mol. The summed E-state index contributed by atoms with van der Waals surface area (Å²) in [6.07, 6.45) is 1.93. The molecule has 0 bridgehead atoms. The molecule has 0 atom stereocenters. The lowest BCUT2D eigenvalue weighted by molar-refractivity contribution is 0.752. The summed E-state index contributed by atoms with van der Waals surface area (Å²) >= 11 is 6.10. The normalized spacial score (nSPS) is 10.9. The molecule has 0 radical (unpaired) electrons. The first-order valence-electron chi connectivity index (χ1n) is 6.43. The molecule has 5 heteroatoms. The molecule has 3 aromatic rings. The highest BCUT2D eigenvalue weighted by atomic mass is 35.5. The van der Waals surface area contributed by atoms with Gasteiger partial charge in [-0.1, -0.05) is 18.2 Å². The predicted octanol–water partition coefficient (Wildman–Crippen LogP) is 3.41. The molecule has 0 fully saturated rings. The van der Waals surface area contributed by atoms with Gasteiger partial charge >= 0.3 is 0 Å². The second kappa shape index (κ2) is 5.13. The van der Waals surface area contributed by atoms with Crippen molar-refractivity contribution >= 4 is 11.6 Å². The predicted molar refractivity (Wildman–Crippen MR) is 79.7 cm³/mol. The zero-order valence-electron chi connectivity index (χ0n) is 11.4. The van der Waals surface area contributed by atoms with E-state index in [9.17, 15) is 0 Å². The zero-order chi connectivity index (χ0) is 14.1. The fraction of sp³-hybridized carbons (Fsp3) is 0.200. The Balaban J connectivity index is 2.25. The van der Waals surface area contributed by atoms with Crippen molar-refractivity contribution in [1.29, 1.82) is 0 Å². The van der Waals surface area contributed by atoms with Crippen molar-refractivity contribution in [3.05, 3.63) is 59.5 Å². The van der Waals surface area contributed by atoms with E-state index in [-0.39, 0.29) is 0 Å². The summed E-state index contributed by atoms with van der Waals surface area (Å²) in [5.74, 6) is 1.31. The van der Waals surface area contributed by atoms with Crippen LogP contribution in [0.3, 0.4) is 0 Å². The third-order valence-corrected chi connectivity index (χ3v) is 3.50. The first-order valence-corrected chi connectivity index (χ1v) is 6.96. The van der Waals surface area contributed by atoms with E-state index in [0.717, 1.165) is 28.5 Å². The van der Waals surface area contributed by atoms with Gasteiger partial charge in [-0.25, -0.2) is 9.36 Å². The zero-order valence-corrected chi connectivity index (χ0v) is 12.2. The van der Waals surface area contributed by atoms with Crippen LogP contribution in [0.1, 0.15) is 17.0 Å². The second-order valence-electron chi connectivity index (χ2n) is 4.67. The fourth-order valence-electron chi connectivity index (χ4n) is 2.22. The molecule has 4 nitrogen and oxygen atoms in total. The number of benzene rings is 1. The van der Waals surface area contributed by atoms with Crippen molar-refractivity contribution in [2.75, 3.05) is 0 Å². The number of para-hydroxylation sites is 1. The minimum Gasteiger partial charge on any atom is -0.222 e. The Hall–Kier alpha value is -2.07. The molecule has 20 heavy (non-hydrogen) atoms. The summed E-state index contributed by atoms with van der Waals surface area (Å²) in [6.45, 7) is 3.93. The summed E-state index contributed by atoms with van der Waals surface area (Å²) in [5, 5.41) is 9.09. The van der Waals surface area contributed by atoms with Crippen LogP contribution < -0.4 is 0 Å². The molecule has 0 amide bonds. The summed E-state index contributed by atoms with van der Waals surface area (Å²) in [7, 11) is 0. The van der Waals surface area contributed by atoms with E-state index in [2.05, 4.69) is 10.2 Å². The van der Waals surface area contributed by atoms with E-state index in [1.54, 1.807) is 0 Å². The number of nitrogens with zero attached hydrogens (tertiary/aromatic N) is 4. The molecule has 2 aromatic heterocycles. The van der Waals surface area contributed by atoms with Crippen molar-refractivity contribution < 1.29 is 0 Å². The van der Waals surface area contributed by atoms with E-state index < -0.39 is 0 Å². The van der Waals surface area contributed by atoms with Crippen LogP contribution in [-0.4, -0.2) is 19.6 Å². The Morgan fingerprint density at radius 1 is 1.05 bits per heavy atom. The molecule has 3 rings (SSSR count). The van der Waals surface area contributed by atoms with Crippen LogP contribution in [0.25, 0.3) is 11.5 Å². The molecule has 0 saturated heterocycles. The fourth-order valence-corrected chi connectivity index (χ4v) is 2.53. The van der Waals surface area contributed by atoms with Crippen LogP contribution in [0.15, 0.2) is 42.6 Å². The molecule has 0 N–H and O–H groups in total. The SMILES string of the molecule is Cc1ccn(-c2c(CCl)c(C)nn2-c2ccccc2)n1. The molecule has 0 aliphatic rings. The first-order chi connectivity index (χ1) is 9.70. The number of alkyl halides is 1. The van der Waals surface area contributed by atoms with Gasteiger partial charge in [-0.2, -0.15) is 10.2 Å². The van der Waals surface area contributed by atoms with Gasteiger partial charge < -0.3 is 0 Å². The Kier molecular flexibility index (Phi) is 3.32. The molecule has 0 unspecified atom stereocenters. The average Bonchev–Trinajstić information content (AvgIpc) is 3.03. The molecule has 1 aromatic carbocycles. The second-order valence-corrected chi connectivity index (χ2v) is 4.94. The van der Waals surface area contributed by atoms with Crippen LogP contribution in [-0.2, 0) is 5.88 Å². The Morgan fingerprint density at radius 3 is 2.40 bits per heavy atom. The van der Waals surface area contributed by atoms with Gasteiger partial charge in [-0.3, -0.25) is 0 Å². The van der Waals surface area contributed by atoms with Gasteiger partial charge in [-0.05, 0) is 32.0 Å². The largest absolute Gasteiger partial charge is 0.222 e. The van der Waals surface area contributed by atoms with Crippen molar-refractivity contribution in [3.8, 4) is 11.5 Å². The minimum absolute atomic E-state index is 0.410. The van der Waals surface area contributed by atoms with E-state index in [1.807, 2.05) is 65.8 Å². The van der Waals surface area contributed by atoms with Crippen LogP contribution >= 0.6 is 11.6 Å². The van der Waals surface area contributed by atoms with Gasteiger partial charge in [0.2, 0.25) is 0 Å². The van der Waals surface area contributed by atoms with Crippen LogP contribution in [0.4, 0.5) is 0 Å². The first kappa shape index (κ1) is 12.9. The quantitative estimate of drug-likeness (QED) is 0.692. The van der Waals surface area contributed by atoms with Gasteiger partial charge in [-0.15, -0.1) is 11.6 Å². The van der Waals surface area contributed by atoms with Crippen molar-refractivity contribution in [2.45, 2.75) is 19.7 Å². The van der Waals surface area contributed by atoms with Crippen LogP contribution in [0.5, 0.6) is 0 Å². The highest BCUT2D eigenvalue weighted by Gasteiger charge is 2.17. The van der Waals surface area contributed by atoms with Crippen molar-refractivity contribution in [2.24, 2.45) is 0 Å². The van der Waals surface area contributed by atoms with Crippen LogP contribution in [0, 0.1) is 13.8 Å². The van der Waals surface area contributed by atoms with Gasteiger partial charge in [0.05, 0.1) is 23.0 Å². The molecule has 0 spiro atoms. The lowest BCUT2D eigenvalue weighted by Crippen LogP contribution is -2.07. The number of aryl methyl sites for hydroxylation is 2. The molecule has 0 aliphatic heterocycles. The molecule has 102 valence electrons. The third-order valence-electron chi connectivity index (χ3n) is 3.23. The summed E-state index contributed by atoms with van der Waals surface area (Å²) in [6, 6.07) is 12.0. The van der Waals surface area contributed by atoms with E-state index in [0.29, 0.717) is 5.88 Å². The van der Waals surface area contributed by atoms with E-state index in [4.69, 9.17) is 11.6 Å². The van der Waals surface area contributed by atoms with Gasteiger partial charge in [0.25, 0.3) is 0 Å². The number of hydrogen-bond acceptors (Lipinski definition) is 2. The molecule has 2 heterocycles. The topological polar surface area (TPSA) is 35.6 Å². The number of hydrogen-bond donors (Lipinski definition) is 0. The monoisotopic (exact) mass is 286 g/mol. The van der Waals surface area contributed by atoms with Gasteiger partial charge in [0.15, 0.2) is 5.82 Å². The highest BCUT2D eigenvalue weighted by Crippen LogP contribution is 2.23. The minimum atomic E-state index is 0.410. The average molecular weight is 287 g/mol. The van der Waals surface area contributed by atoms with Crippen molar-refractivity contribution in [3.63, 3.8) is 0 Å². The number of halogens is 1. The molecule has 0 aliphatic carbocycles. The standard InChI is InChI=1S/C15H15ClN4/c1-11-8-9-19(17-11)15-14(10-16)12(2)18-20(15)13-6-4-3-5-7-13/h3-9H,10H2,1-2H3. The summed E-state index contributed by atoms with van der Waals surface area (Å²) in [4.78, 5) is 0. The summed E-state index contributed by atoms with van der Waals surface area (Å²) in [5.41, 5.74) is 3.88. The lowest BCUT2D eigenvalue weighted by Gasteiger charge is -2.08. The maximum Gasteiger partial charge on any atom is 0.161 e. The highest BCUT2D eigenvalue weighted by molar-refractivity contribution is 6.17. The Labute approximate surface area is 122 Å². The lowest BCUT2D eigenvalue weighted by atomic mass is 10.2. The van der Waals surface area contributed by atoms with E-state index in [1.165, 1.54) is 0 Å². The van der Waals surface area contributed by atoms with Gasteiger partial charge in [0.1, 0.15) is 0 Å². The maximum absolute atomic E-state index is 6.10. The smallest absolute Gasteiger partial charge is 0.161 e. The van der Waals surface area contributed by atoms with Crippen LogP contribution in [0.2, 0.25) is 0 Å².